The Morgan fingerprint density at radius 2 is 1.67 bits per heavy atom. The zero-order valence-electron chi connectivity index (χ0n) is 20.3. The fourth-order valence-electron chi connectivity index (χ4n) is 5.68. The molecule has 1 aromatic carbocycles. The van der Waals surface area contributed by atoms with E-state index in [1.54, 1.807) is 31.4 Å². The number of fused-ring (bicyclic) bond motifs is 1. The van der Waals surface area contributed by atoms with Crippen LogP contribution in [-0.2, 0) is 14.3 Å². The highest BCUT2D eigenvalue weighted by Gasteiger charge is 2.64. The smallest absolute Gasteiger partial charge is 0.475 e. The molecule has 200 valence electrons. The summed E-state index contributed by atoms with van der Waals surface area (Å²) in [6.45, 7) is 5.47. The van der Waals surface area contributed by atoms with Crippen LogP contribution in [0.2, 0.25) is 5.02 Å². The Bertz CT molecular complexity index is 967. The number of carbonyl (C=O) groups is 3. The lowest BCUT2D eigenvalue weighted by atomic mass is 9.60. The SMILES string of the molecule is COCCN1CC2(CCN(C(=O)c3ccc(Cl)cc3)CC2)C2(CCN(C)C2=O)C1.O=C(O)C(F)(F)F. The van der Waals surface area contributed by atoms with Crippen LogP contribution < -0.4 is 0 Å². The molecule has 3 fully saturated rings. The van der Waals surface area contributed by atoms with E-state index in [1.807, 2.05) is 16.8 Å². The van der Waals surface area contributed by atoms with Gasteiger partial charge in [0.05, 0.1) is 12.0 Å². The van der Waals surface area contributed by atoms with Crippen molar-refractivity contribution in [3.63, 3.8) is 0 Å². The van der Waals surface area contributed by atoms with E-state index in [0.29, 0.717) is 30.3 Å². The predicted octanol–water partition coefficient (Wildman–Crippen LogP) is 3.01. The second kappa shape index (κ2) is 10.9. The van der Waals surface area contributed by atoms with Gasteiger partial charge in [-0.1, -0.05) is 11.6 Å². The third-order valence-electron chi connectivity index (χ3n) is 7.62. The summed E-state index contributed by atoms with van der Waals surface area (Å²) in [5, 5.41) is 7.76. The first kappa shape index (κ1) is 28.2. The molecule has 0 aromatic heterocycles. The Kier molecular flexibility index (Phi) is 8.57. The summed E-state index contributed by atoms with van der Waals surface area (Å²) < 4.78 is 37.0. The number of rotatable bonds is 4. The number of hydrogen-bond acceptors (Lipinski definition) is 5. The molecule has 4 rings (SSSR count). The van der Waals surface area contributed by atoms with Crippen LogP contribution in [-0.4, -0.2) is 104 Å². The van der Waals surface area contributed by atoms with Gasteiger partial charge in [-0.15, -0.1) is 0 Å². The second-order valence-electron chi connectivity index (χ2n) is 9.64. The van der Waals surface area contributed by atoms with Crippen molar-refractivity contribution in [2.75, 3.05) is 60.0 Å². The van der Waals surface area contributed by atoms with Crippen LogP contribution in [0.3, 0.4) is 0 Å². The van der Waals surface area contributed by atoms with Crippen LogP contribution in [0, 0.1) is 10.8 Å². The van der Waals surface area contributed by atoms with Gasteiger partial charge in [0.25, 0.3) is 5.91 Å². The number of amides is 2. The van der Waals surface area contributed by atoms with Gasteiger partial charge in [0.2, 0.25) is 5.91 Å². The van der Waals surface area contributed by atoms with Gasteiger partial charge in [0.1, 0.15) is 0 Å². The summed E-state index contributed by atoms with van der Waals surface area (Å²) in [7, 11) is 3.64. The number of carbonyl (C=O) groups excluding carboxylic acids is 2. The second-order valence-corrected chi connectivity index (χ2v) is 10.1. The van der Waals surface area contributed by atoms with Crippen molar-refractivity contribution in [2.24, 2.45) is 10.8 Å². The average molecular weight is 534 g/mol. The molecule has 3 saturated heterocycles. The maximum Gasteiger partial charge on any atom is 0.490 e. The molecule has 3 aliphatic heterocycles. The minimum absolute atomic E-state index is 0.0506. The van der Waals surface area contributed by atoms with Gasteiger partial charge < -0.3 is 19.6 Å². The van der Waals surface area contributed by atoms with Crippen LogP contribution in [0.4, 0.5) is 13.2 Å². The Balaban J connectivity index is 0.000000454. The van der Waals surface area contributed by atoms with E-state index in [-0.39, 0.29) is 22.6 Å². The molecule has 1 unspecified atom stereocenters. The molecule has 3 heterocycles. The maximum atomic E-state index is 13.3. The molecule has 2 amide bonds. The predicted molar refractivity (Wildman–Crippen MR) is 126 cm³/mol. The molecular formula is C24H31ClF3N3O5. The van der Waals surface area contributed by atoms with Crippen LogP contribution in [0.1, 0.15) is 29.6 Å². The summed E-state index contributed by atoms with van der Waals surface area (Å²) in [5.74, 6) is -2.42. The van der Waals surface area contributed by atoms with E-state index in [0.717, 1.165) is 45.4 Å². The summed E-state index contributed by atoms with van der Waals surface area (Å²) in [4.78, 5) is 41.3. The zero-order valence-corrected chi connectivity index (χ0v) is 21.1. The van der Waals surface area contributed by atoms with Gasteiger partial charge in [-0.05, 0) is 43.5 Å². The molecule has 12 heteroatoms. The number of carboxylic acid groups (broad SMARTS) is 1. The highest BCUT2D eigenvalue weighted by atomic mass is 35.5. The molecule has 0 radical (unpaired) electrons. The Hall–Kier alpha value is -2.37. The fourth-order valence-corrected chi connectivity index (χ4v) is 5.81. The standard InChI is InChI=1S/C22H30ClN3O3.C2HF3O2/c1-24-10-9-22(20(24)28)16-25(13-14-29-2)15-21(22)7-11-26(12-8-21)19(27)17-3-5-18(23)6-4-17;3-2(4,5)1(6)7/h3-6H,7-16H2,1-2H3;(H,6,7). The van der Waals surface area contributed by atoms with Crippen LogP contribution in [0.5, 0.6) is 0 Å². The van der Waals surface area contributed by atoms with Crippen molar-refractivity contribution < 1.29 is 37.4 Å². The zero-order chi connectivity index (χ0) is 26.7. The molecule has 1 aromatic rings. The van der Waals surface area contributed by atoms with E-state index in [1.165, 1.54) is 0 Å². The molecule has 2 spiro atoms. The molecular weight excluding hydrogens is 503 g/mol. The third kappa shape index (κ3) is 5.63. The van der Waals surface area contributed by atoms with Gasteiger partial charge in [0, 0.05) is 69.4 Å². The molecule has 3 aliphatic rings. The Morgan fingerprint density at radius 3 is 2.14 bits per heavy atom. The lowest BCUT2D eigenvalue weighted by molar-refractivity contribution is -0.192. The first-order valence-electron chi connectivity index (χ1n) is 11.7. The van der Waals surface area contributed by atoms with Crippen LogP contribution in [0.15, 0.2) is 24.3 Å². The van der Waals surface area contributed by atoms with Gasteiger partial charge in [0.15, 0.2) is 0 Å². The van der Waals surface area contributed by atoms with E-state index in [2.05, 4.69) is 4.90 Å². The van der Waals surface area contributed by atoms with Gasteiger partial charge >= 0.3 is 12.1 Å². The number of alkyl halides is 3. The number of nitrogens with zero attached hydrogens (tertiary/aromatic N) is 3. The number of methoxy groups -OCH3 is 1. The van der Waals surface area contributed by atoms with Gasteiger partial charge in [-0.3, -0.25) is 14.5 Å². The molecule has 36 heavy (non-hydrogen) atoms. The summed E-state index contributed by atoms with van der Waals surface area (Å²) >= 11 is 5.95. The highest BCUT2D eigenvalue weighted by molar-refractivity contribution is 6.30. The molecule has 1 N–H and O–H groups in total. The summed E-state index contributed by atoms with van der Waals surface area (Å²) in [6, 6.07) is 7.09. The molecule has 0 bridgehead atoms. The first-order chi connectivity index (χ1) is 16.8. The van der Waals surface area contributed by atoms with E-state index in [9.17, 15) is 22.8 Å². The minimum atomic E-state index is -5.08. The monoisotopic (exact) mass is 533 g/mol. The largest absolute Gasteiger partial charge is 0.490 e. The van der Waals surface area contributed by atoms with Crippen LogP contribution in [0.25, 0.3) is 0 Å². The normalized spacial score (nSPS) is 23.8. The fraction of sp³-hybridized carbons (Fsp3) is 0.625. The van der Waals surface area contributed by atoms with E-state index in [4.69, 9.17) is 26.2 Å². The van der Waals surface area contributed by atoms with E-state index < -0.39 is 12.1 Å². The maximum absolute atomic E-state index is 13.3. The lowest BCUT2D eigenvalue weighted by Gasteiger charge is -2.47. The average Bonchev–Trinajstić information content (AvgIpc) is 3.30. The first-order valence-corrected chi connectivity index (χ1v) is 12.0. The van der Waals surface area contributed by atoms with Crippen LogP contribution >= 0.6 is 11.6 Å². The van der Waals surface area contributed by atoms with Crippen molar-refractivity contribution in [3.8, 4) is 0 Å². The van der Waals surface area contributed by atoms with Crippen molar-refractivity contribution >= 4 is 29.4 Å². The Labute approximate surface area is 212 Å². The lowest BCUT2D eigenvalue weighted by Crippen LogP contribution is -2.53. The third-order valence-corrected chi connectivity index (χ3v) is 7.87. The number of carboxylic acids is 1. The molecule has 0 aliphatic carbocycles. The topological polar surface area (TPSA) is 90.4 Å². The van der Waals surface area contributed by atoms with Gasteiger partial charge in [-0.25, -0.2) is 4.79 Å². The quantitative estimate of drug-likeness (QED) is 0.640. The van der Waals surface area contributed by atoms with E-state index >= 15 is 0 Å². The van der Waals surface area contributed by atoms with Crippen molar-refractivity contribution in [1.82, 2.24) is 14.7 Å². The van der Waals surface area contributed by atoms with Crippen molar-refractivity contribution in [3.05, 3.63) is 34.9 Å². The number of piperidine rings is 1. The van der Waals surface area contributed by atoms with Crippen molar-refractivity contribution in [2.45, 2.75) is 25.4 Å². The number of ether oxygens (including phenoxy) is 1. The number of halogens is 4. The molecule has 8 nitrogen and oxygen atoms in total. The highest BCUT2D eigenvalue weighted by Crippen LogP contribution is 2.57. The van der Waals surface area contributed by atoms with Crippen molar-refractivity contribution in [1.29, 1.82) is 0 Å². The minimum Gasteiger partial charge on any atom is -0.475 e. The number of hydrogen-bond donors (Lipinski definition) is 1. The number of likely N-dealkylation sites (tertiary alicyclic amines) is 3. The number of benzene rings is 1. The van der Waals surface area contributed by atoms with Gasteiger partial charge in [-0.2, -0.15) is 13.2 Å². The molecule has 1 atom stereocenters. The Morgan fingerprint density at radius 1 is 1.08 bits per heavy atom. The number of aliphatic carboxylic acids is 1. The summed E-state index contributed by atoms with van der Waals surface area (Å²) in [5.41, 5.74) is 0.300. The molecule has 0 saturated carbocycles. The summed E-state index contributed by atoms with van der Waals surface area (Å²) in [6.07, 6.45) is -2.43.